The number of rotatable bonds is 1. The molecular formula is C11H15NO. The first-order valence-electron chi connectivity index (χ1n) is 4.70. The van der Waals surface area contributed by atoms with Crippen molar-refractivity contribution in [3.05, 3.63) is 34.9 Å². The number of nitrogens with one attached hydrogen (secondary N) is 1. The van der Waals surface area contributed by atoms with Crippen LogP contribution in [0.25, 0.3) is 0 Å². The van der Waals surface area contributed by atoms with Gasteiger partial charge in [0.25, 0.3) is 0 Å². The van der Waals surface area contributed by atoms with Gasteiger partial charge in [-0.25, -0.2) is 0 Å². The van der Waals surface area contributed by atoms with E-state index in [-0.39, 0.29) is 6.23 Å². The number of ether oxygens (including phenoxy) is 1. The Morgan fingerprint density at radius 1 is 1.46 bits per heavy atom. The third kappa shape index (κ3) is 1.47. The Balaban J connectivity index is 2.47. The molecule has 1 aromatic carbocycles. The van der Waals surface area contributed by atoms with Crippen LogP contribution >= 0.6 is 0 Å². The Labute approximate surface area is 78.9 Å². The maximum Gasteiger partial charge on any atom is 0.134 e. The van der Waals surface area contributed by atoms with Crippen molar-refractivity contribution in [1.82, 2.24) is 5.32 Å². The summed E-state index contributed by atoms with van der Waals surface area (Å²) in [5, 5.41) is 3.18. The molecule has 0 spiro atoms. The molecule has 0 bridgehead atoms. The fraction of sp³-hybridized carbons (Fsp3) is 0.455. The summed E-state index contributed by atoms with van der Waals surface area (Å²) >= 11 is 0. The van der Waals surface area contributed by atoms with Crippen LogP contribution in [0.5, 0.6) is 0 Å². The number of aryl methyl sites for hydroxylation is 1. The maximum absolute atomic E-state index is 5.62. The van der Waals surface area contributed by atoms with Crippen LogP contribution in [0.3, 0.4) is 0 Å². The average molecular weight is 177 g/mol. The minimum atomic E-state index is 0.0879. The van der Waals surface area contributed by atoms with E-state index in [1.165, 1.54) is 16.7 Å². The van der Waals surface area contributed by atoms with Crippen molar-refractivity contribution in [1.29, 1.82) is 0 Å². The van der Waals surface area contributed by atoms with E-state index in [0.717, 1.165) is 13.0 Å². The zero-order valence-corrected chi connectivity index (χ0v) is 8.13. The number of hydrogen-bond acceptors (Lipinski definition) is 2. The molecule has 1 heterocycles. The second-order valence-electron chi connectivity index (χ2n) is 3.44. The summed E-state index contributed by atoms with van der Waals surface area (Å²) in [5.74, 6) is 0. The van der Waals surface area contributed by atoms with Gasteiger partial charge in [0.2, 0.25) is 0 Å². The molecule has 0 amide bonds. The van der Waals surface area contributed by atoms with Crippen LogP contribution in [0.2, 0.25) is 0 Å². The van der Waals surface area contributed by atoms with E-state index in [1.807, 2.05) is 7.05 Å². The molecule has 13 heavy (non-hydrogen) atoms. The number of benzene rings is 1. The molecule has 0 saturated carbocycles. The first-order valence-corrected chi connectivity index (χ1v) is 4.70. The van der Waals surface area contributed by atoms with Gasteiger partial charge in [0, 0.05) is 5.56 Å². The molecule has 0 radical (unpaired) electrons. The highest BCUT2D eigenvalue weighted by Gasteiger charge is 2.20. The maximum atomic E-state index is 5.62. The molecule has 1 unspecified atom stereocenters. The minimum Gasteiger partial charge on any atom is -0.359 e. The quantitative estimate of drug-likeness (QED) is 0.706. The lowest BCUT2D eigenvalue weighted by molar-refractivity contribution is 0.0235. The second-order valence-corrected chi connectivity index (χ2v) is 3.44. The second kappa shape index (κ2) is 3.48. The van der Waals surface area contributed by atoms with Crippen LogP contribution in [-0.2, 0) is 11.2 Å². The standard InChI is InChI=1S/C11H15NO/c1-8-4-3-5-9-6-7-13-11(12-2)10(8)9/h3-5,11-12H,6-7H2,1-2H3. The van der Waals surface area contributed by atoms with Gasteiger partial charge < -0.3 is 4.74 Å². The predicted octanol–water partition coefficient (Wildman–Crippen LogP) is 1.79. The summed E-state index contributed by atoms with van der Waals surface area (Å²) in [6.07, 6.45) is 1.12. The van der Waals surface area contributed by atoms with Crippen LogP contribution in [-0.4, -0.2) is 13.7 Å². The van der Waals surface area contributed by atoms with Gasteiger partial charge in [-0.05, 0) is 31.5 Å². The van der Waals surface area contributed by atoms with E-state index in [1.54, 1.807) is 0 Å². The zero-order valence-electron chi connectivity index (χ0n) is 8.13. The van der Waals surface area contributed by atoms with Gasteiger partial charge in [-0.1, -0.05) is 18.2 Å². The highest BCUT2D eigenvalue weighted by Crippen LogP contribution is 2.27. The highest BCUT2D eigenvalue weighted by atomic mass is 16.5. The molecular weight excluding hydrogens is 162 g/mol. The summed E-state index contributed by atoms with van der Waals surface area (Å²) < 4.78 is 5.62. The van der Waals surface area contributed by atoms with Crippen molar-refractivity contribution >= 4 is 0 Å². The molecule has 1 aliphatic rings. The Morgan fingerprint density at radius 2 is 2.31 bits per heavy atom. The molecule has 0 aliphatic carbocycles. The molecule has 1 atom stereocenters. The normalized spacial score (nSPS) is 21.2. The van der Waals surface area contributed by atoms with Gasteiger partial charge in [0.1, 0.15) is 6.23 Å². The highest BCUT2D eigenvalue weighted by molar-refractivity contribution is 5.37. The van der Waals surface area contributed by atoms with E-state index in [4.69, 9.17) is 4.74 Å². The lowest BCUT2D eigenvalue weighted by atomic mass is 9.96. The van der Waals surface area contributed by atoms with Gasteiger partial charge >= 0.3 is 0 Å². The van der Waals surface area contributed by atoms with E-state index in [2.05, 4.69) is 30.4 Å². The van der Waals surface area contributed by atoms with Crippen molar-refractivity contribution in [2.75, 3.05) is 13.7 Å². The lowest BCUT2D eigenvalue weighted by Gasteiger charge is -2.27. The smallest absolute Gasteiger partial charge is 0.134 e. The van der Waals surface area contributed by atoms with Gasteiger partial charge in [0.15, 0.2) is 0 Å². The molecule has 2 rings (SSSR count). The summed E-state index contributed by atoms with van der Waals surface area (Å²) in [7, 11) is 1.94. The van der Waals surface area contributed by atoms with E-state index in [0.29, 0.717) is 0 Å². The fourth-order valence-corrected chi connectivity index (χ4v) is 1.93. The van der Waals surface area contributed by atoms with Crippen LogP contribution in [0.15, 0.2) is 18.2 Å². The van der Waals surface area contributed by atoms with Gasteiger partial charge in [0.05, 0.1) is 6.61 Å². The zero-order chi connectivity index (χ0) is 9.26. The monoisotopic (exact) mass is 177 g/mol. The Morgan fingerprint density at radius 3 is 3.08 bits per heavy atom. The van der Waals surface area contributed by atoms with Crippen molar-refractivity contribution in [3.63, 3.8) is 0 Å². The SMILES string of the molecule is CNC1OCCc2cccc(C)c21. The van der Waals surface area contributed by atoms with E-state index in [9.17, 15) is 0 Å². The van der Waals surface area contributed by atoms with E-state index >= 15 is 0 Å². The fourth-order valence-electron chi connectivity index (χ4n) is 1.93. The Kier molecular flexibility index (Phi) is 2.34. The molecule has 1 aromatic rings. The van der Waals surface area contributed by atoms with Crippen molar-refractivity contribution in [2.24, 2.45) is 0 Å². The first kappa shape index (κ1) is 8.73. The summed E-state index contributed by atoms with van der Waals surface area (Å²) in [6, 6.07) is 6.44. The summed E-state index contributed by atoms with van der Waals surface area (Å²) in [5.41, 5.74) is 4.07. The van der Waals surface area contributed by atoms with Crippen molar-refractivity contribution < 1.29 is 4.74 Å². The molecule has 70 valence electrons. The third-order valence-corrected chi connectivity index (χ3v) is 2.59. The molecule has 0 aromatic heterocycles. The molecule has 0 fully saturated rings. The van der Waals surface area contributed by atoms with E-state index < -0.39 is 0 Å². The Hall–Kier alpha value is -0.860. The summed E-state index contributed by atoms with van der Waals surface area (Å²) in [4.78, 5) is 0. The van der Waals surface area contributed by atoms with Crippen LogP contribution < -0.4 is 5.32 Å². The molecule has 1 N–H and O–H groups in total. The Bertz CT molecular complexity index is 309. The minimum absolute atomic E-state index is 0.0879. The van der Waals surface area contributed by atoms with Crippen molar-refractivity contribution in [3.8, 4) is 0 Å². The molecule has 0 saturated heterocycles. The lowest BCUT2D eigenvalue weighted by Crippen LogP contribution is -2.27. The van der Waals surface area contributed by atoms with Gasteiger partial charge in [-0.2, -0.15) is 0 Å². The number of hydrogen-bond donors (Lipinski definition) is 1. The van der Waals surface area contributed by atoms with Gasteiger partial charge in [-0.3, -0.25) is 5.32 Å². The van der Waals surface area contributed by atoms with Crippen molar-refractivity contribution in [2.45, 2.75) is 19.6 Å². The van der Waals surface area contributed by atoms with Crippen LogP contribution in [0.1, 0.15) is 22.9 Å². The predicted molar refractivity (Wildman–Crippen MR) is 52.6 cm³/mol. The number of fused-ring (bicyclic) bond motifs is 1. The largest absolute Gasteiger partial charge is 0.359 e. The molecule has 2 heteroatoms. The molecule has 2 nitrogen and oxygen atoms in total. The molecule has 1 aliphatic heterocycles. The van der Waals surface area contributed by atoms with Crippen LogP contribution in [0.4, 0.5) is 0 Å². The van der Waals surface area contributed by atoms with Gasteiger partial charge in [-0.15, -0.1) is 0 Å². The first-order chi connectivity index (χ1) is 6.33. The third-order valence-electron chi connectivity index (χ3n) is 2.59. The summed E-state index contributed by atoms with van der Waals surface area (Å²) in [6.45, 7) is 2.96. The average Bonchev–Trinajstić information content (AvgIpc) is 2.17. The topological polar surface area (TPSA) is 21.3 Å². The van der Waals surface area contributed by atoms with Crippen LogP contribution in [0, 0.1) is 6.92 Å².